The summed E-state index contributed by atoms with van der Waals surface area (Å²) in [6.45, 7) is 0. The van der Waals surface area contributed by atoms with Crippen LogP contribution in [0.25, 0.3) is 11.0 Å². The fraction of sp³-hybridized carbons (Fsp3) is 0. The van der Waals surface area contributed by atoms with E-state index in [0.29, 0.717) is 21.3 Å². The number of aromatic nitrogens is 2. The van der Waals surface area contributed by atoms with Gasteiger partial charge in [0.05, 0.1) is 15.5 Å². The molecular weight excluding hydrogens is 325 g/mol. The Morgan fingerprint density at radius 1 is 1.05 bits per heavy atom. The lowest BCUT2D eigenvalue weighted by atomic mass is 10.3. The van der Waals surface area contributed by atoms with Crippen molar-refractivity contribution in [3.8, 4) is 11.6 Å². The molecule has 20 heavy (non-hydrogen) atoms. The van der Waals surface area contributed by atoms with Crippen LogP contribution in [0, 0.1) is 5.82 Å². The number of para-hydroxylation sites is 2. The molecule has 0 saturated heterocycles. The van der Waals surface area contributed by atoms with E-state index in [2.05, 4.69) is 25.9 Å². The van der Waals surface area contributed by atoms with Crippen LogP contribution in [-0.2, 0) is 0 Å². The van der Waals surface area contributed by atoms with Crippen molar-refractivity contribution in [3.63, 3.8) is 0 Å². The van der Waals surface area contributed by atoms with Crippen LogP contribution in [0.15, 0.2) is 46.9 Å². The van der Waals surface area contributed by atoms with E-state index < -0.39 is 5.82 Å². The number of nitrogen functional groups attached to an aromatic ring is 1. The number of rotatable bonds is 2. The number of benzene rings is 2. The van der Waals surface area contributed by atoms with Gasteiger partial charge in [0.15, 0.2) is 5.82 Å². The van der Waals surface area contributed by atoms with Gasteiger partial charge in [0.25, 0.3) is 5.88 Å². The number of anilines is 1. The van der Waals surface area contributed by atoms with Crippen molar-refractivity contribution in [2.24, 2.45) is 0 Å². The normalized spacial score (nSPS) is 10.7. The molecule has 2 aromatic carbocycles. The third-order valence-corrected chi connectivity index (χ3v) is 3.32. The van der Waals surface area contributed by atoms with E-state index in [1.165, 1.54) is 12.1 Å². The highest BCUT2D eigenvalue weighted by Gasteiger charge is 2.11. The highest BCUT2D eigenvalue weighted by molar-refractivity contribution is 9.10. The zero-order valence-corrected chi connectivity index (χ0v) is 11.8. The van der Waals surface area contributed by atoms with Crippen LogP contribution in [0.3, 0.4) is 0 Å². The molecule has 0 radical (unpaired) electrons. The zero-order chi connectivity index (χ0) is 14.1. The maximum atomic E-state index is 13.2. The summed E-state index contributed by atoms with van der Waals surface area (Å²) in [7, 11) is 0. The van der Waals surface area contributed by atoms with Gasteiger partial charge < -0.3 is 10.5 Å². The van der Waals surface area contributed by atoms with Crippen molar-refractivity contribution in [3.05, 3.63) is 52.8 Å². The van der Waals surface area contributed by atoms with Crippen LogP contribution in [-0.4, -0.2) is 9.97 Å². The van der Waals surface area contributed by atoms with Gasteiger partial charge in [0.2, 0.25) is 0 Å². The van der Waals surface area contributed by atoms with Crippen molar-refractivity contribution in [2.45, 2.75) is 0 Å². The minimum Gasteiger partial charge on any atom is -0.435 e. The van der Waals surface area contributed by atoms with Gasteiger partial charge in [-0.05, 0) is 40.2 Å². The van der Waals surface area contributed by atoms with E-state index in [4.69, 9.17) is 10.5 Å². The molecule has 0 atom stereocenters. The summed E-state index contributed by atoms with van der Waals surface area (Å²) in [6, 6.07) is 11.4. The van der Waals surface area contributed by atoms with Crippen molar-refractivity contribution >= 4 is 32.8 Å². The smallest absolute Gasteiger partial charge is 0.263 e. The lowest BCUT2D eigenvalue weighted by Crippen LogP contribution is -1.99. The van der Waals surface area contributed by atoms with Crippen LogP contribution < -0.4 is 10.5 Å². The Morgan fingerprint density at radius 2 is 1.75 bits per heavy atom. The molecule has 0 bridgehead atoms. The molecule has 0 spiro atoms. The number of ether oxygens (including phenoxy) is 1. The van der Waals surface area contributed by atoms with Gasteiger partial charge in [-0.25, -0.2) is 14.4 Å². The van der Waals surface area contributed by atoms with Crippen LogP contribution in [0.1, 0.15) is 0 Å². The molecule has 0 saturated carbocycles. The van der Waals surface area contributed by atoms with E-state index in [9.17, 15) is 4.39 Å². The first kappa shape index (κ1) is 12.8. The first-order valence-electron chi connectivity index (χ1n) is 5.78. The Balaban J connectivity index is 2.06. The highest BCUT2D eigenvalue weighted by Crippen LogP contribution is 2.32. The molecule has 1 aromatic heterocycles. The monoisotopic (exact) mass is 333 g/mol. The molecule has 0 fully saturated rings. The average Bonchev–Trinajstić information content (AvgIpc) is 2.43. The summed E-state index contributed by atoms with van der Waals surface area (Å²) in [5.74, 6) is 0.187. The molecular formula is C14H9BrFN3O. The largest absolute Gasteiger partial charge is 0.435 e. The molecule has 0 aliphatic heterocycles. The maximum Gasteiger partial charge on any atom is 0.263 e. The Kier molecular flexibility index (Phi) is 3.23. The predicted octanol–water partition coefficient (Wildman–Crippen LogP) is 3.91. The van der Waals surface area contributed by atoms with Crippen molar-refractivity contribution in [1.82, 2.24) is 9.97 Å². The molecule has 3 aromatic rings. The van der Waals surface area contributed by atoms with E-state index in [1.54, 1.807) is 18.2 Å². The van der Waals surface area contributed by atoms with E-state index >= 15 is 0 Å². The van der Waals surface area contributed by atoms with Crippen molar-refractivity contribution < 1.29 is 9.13 Å². The third-order valence-electron chi connectivity index (χ3n) is 2.66. The minimum atomic E-state index is -0.407. The molecule has 3 rings (SSSR count). The number of halogens is 2. The Labute approximate surface area is 122 Å². The van der Waals surface area contributed by atoms with Gasteiger partial charge in [0, 0.05) is 6.07 Å². The maximum absolute atomic E-state index is 13.2. The quantitative estimate of drug-likeness (QED) is 0.772. The third kappa shape index (κ3) is 2.42. The topological polar surface area (TPSA) is 61.0 Å². The van der Waals surface area contributed by atoms with Crippen LogP contribution >= 0.6 is 15.9 Å². The molecule has 0 aliphatic rings. The van der Waals surface area contributed by atoms with Gasteiger partial charge in [0.1, 0.15) is 11.6 Å². The van der Waals surface area contributed by atoms with Crippen molar-refractivity contribution in [2.75, 3.05) is 5.73 Å². The number of fused-ring (bicyclic) bond motifs is 1. The standard InChI is InChI=1S/C14H9BrFN3O/c15-9-6-5-8(16)7-12(9)20-14-13(17)18-10-3-1-2-4-11(10)19-14/h1-7H,(H2,17,18). The lowest BCUT2D eigenvalue weighted by molar-refractivity contribution is 0.458. The second-order valence-electron chi connectivity index (χ2n) is 4.08. The molecule has 100 valence electrons. The van der Waals surface area contributed by atoms with Gasteiger partial charge in [-0.15, -0.1) is 0 Å². The second kappa shape index (κ2) is 5.05. The number of hydrogen-bond donors (Lipinski definition) is 1. The van der Waals surface area contributed by atoms with Gasteiger partial charge in [-0.3, -0.25) is 0 Å². The van der Waals surface area contributed by atoms with Gasteiger partial charge in [-0.2, -0.15) is 0 Å². The molecule has 0 aliphatic carbocycles. The second-order valence-corrected chi connectivity index (χ2v) is 4.93. The first-order valence-corrected chi connectivity index (χ1v) is 6.58. The molecule has 0 amide bonds. The van der Waals surface area contributed by atoms with E-state index in [0.717, 1.165) is 0 Å². The SMILES string of the molecule is Nc1nc2ccccc2nc1Oc1cc(F)ccc1Br. The Hall–Kier alpha value is -2.21. The van der Waals surface area contributed by atoms with Gasteiger partial charge in [-0.1, -0.05) is 12.1 Å². The minimum absolute atomic E-state index is 0.148. The number of hydrogen-bond acceptors (Lipinski definition) is 4. The molecule has 2 N–H and O–H groups in total. The van der Waals surface area contributed by atoms with Crippen LogP contribution in [0.5, 0.6) is 11.6 Å². The number of nitrogens with two attached hydrogens (primary N) is 1. The van der Waals surface area contributed by atoms with Gasteiger partial charge >= 0.3 is 0 Å². The number of nitrogens with zero attached hydrogens (tertiary/aromatic N) is 2. The van der Waals surface area contributed by atoms with Crippen LogP contribution in [0.2, 0.25) is 0 Å². The summed E-state index contributed by atoms with van der Waals surface area (Å²) >= 11 is 3.28. The molecule has 4 nitrogen and oxygen atoms in total. The summed E-state index contributed by atoms with van der Waals surface area (Å²) in [6.07, 6.45) is 0. The van der Waals surface area contributed by atoms with Crippen molar-refractivity contribution in [1.29, 1.82) is 0 Å². The highest BCUT2D eigenvalue weighted by atomic mass is 79.9. The lowest BCUT2D eigenvalue weighted by Gasteiger charge is -2.09. The van der Waals surface area contributed by atoms with E-state index in [-0.39, 0.29) is 11.7 Å². The molecule has 1 heterocycles. The Morgan fingerprint density at radius 3 is 2.50 bits per heavy atom. The predicted molar refractivity (Wildman–Crippen MR) is 78.1 cm³/mol. The summed E-state index contributed by atoms with van der Waals surface area (Å²) in [5.41, 5.74) is 7.15. The molecule has 0 unspecified atom stereocenters. The summed E-state index contributed by atoms with van der Waals surface area (Å²) in [5, 5.41) is 0. The summed E-state index contributed by atoms with van der Waals surface area (Å²) in [4.78, 5) is 8.49. The van der Waals surface area contributed by atoms with E-state index in [1.807, 2.05) is 12.1 Å². The fourth-order valence-electron chi connectivity index (χ4n) is 1.73. The summed E-state index contributed by atoms with van der Waals surface area (Å²) < 4.78 is 19.4. The fourth-order valence-corrected chi connectivity index (χ4v) is 2.06. The molecule has 6 heteroatoms. The zero-order valence-electron chi connectivity index (χ0n) is 10.2. The Bertz CT molecular complexity index is 794. The van der Waals surface area contributed by atoms with Crippen LogP contribution in [0.4, 0.5) is 10.2 Å². The first-order chi connectivity index (χ1) is 9.63. The average molecular weight is 334 g/mol.